The lowest BCUT2D eigenvalue weighted by molar-refractivity contribution is 1.16. The molecule has 0 spiro atoms. The van der Waals surface area contributed by atoms with Gasteiger partial charge in [-0.1, -0.05) is 121 Å². The van der Waals surface area contributed by atoms with Crippen LogP contribution in [0.2, 0.25) is 0 Å². The molecule has 12 rings (SSSR count). The summed E-state index contributed by atoms with van der Waals surface area (Å²) in [4.78, 5) is 4.60. The van der Waals surface area contributed by atoms with Gasteiger partial charge in [-0.3, -0.25) is 4.98 Å². The molecule has 4 nitrogen and oxygen atoms in total. The first-order chi connectivity index (χ1) is 28.3. The van der Waals surface area contributed by atoms with Gasteiger partial charge in [0.25, 0.3) is 0 Å². The van der Waals surface area contributed by atoms with Crippen LogP contribution in [0.4, 0.5) is 0 Å². The first kappa shape index (κ1) is 31.6. The number of hydrogen-bond acceptors (Lipinski definition) is 1. The van der Waals surface area contributed by atoms with Gasteiger partial charge in [0.2, 0.25) is 0 Å². The van der Waals surface area contributed by atoms with Crippen LogP contribution in [-0.4, -0.2) is 18.7 Å². The van der Waals surface area contributed by atoms with Gasteiger partial charge in [-0.25, -0.2) is 0 Å². The molecule has 4 heteroatoms. The van der Waals surface area contributed by atoms with Gasteiger partial charge >= 0.3 is 0 Å². The fourth-order valence-corrected chi connectivity index (χ4v) is 9.24. The minimum Gasteiger partial charge on any atom is -0.309 e. The predicted octanol–water partition coefficient (Wildman–Crippen LogP) is 13.7. The minimum atomic E-state index is 1.12. The van der Waals surface area contributed by atoms with Crippen LogP contribution in [0, 0.1) is 0 Å². The fraction of sp³-hybridized carbons (Fsp3) is 0. The molecule has 0 unspecified atom stereocenters. The molecule has 0 N–H and O–H groups in total. The Kier molecular flexibility index (Phi) is 6.89. The van der Waals surface area contributed by atoms with E-state index in [9.17, 15) is 0 Å². The molecule has 0 saturated heterocycles. The molecule has 0 amide bonds. The van der Waals surface area contributed by atoms with E-state index in [2.05, 4.69) is 213 Å². The van der Waals surface area contributed by atoms with Crippen LogP contribution in [0.3, 0.4) is 0 Å². The molecular weight excluding hydrogens is 693 g/mol. The summed E-state index contributed by atoms with van der Waals surface area (Å²) in [5, 5.41) is 7.23. The average Bonchev–Trinajstić information content (AvgIpc) is 3.92. The van der Waals surface area contributed by atoms with Crippen molar-refractivity contribution in [3.63, 3.8) is 0 Å². The summed E-state index contributed by atoms with van der Waals surface area (Å²) >= 11 is 0. The number of para-hydroxylation sites is 3. The van der Waals surface area contributed by atoms with E-state index < -0.39 is 0 Å². The summed E-state index contributed by atoms with van der Waals surface area (Å²) in [6, 6.07) is 70.5. The van der Waals surface area contributed by atoms with E-state index in [-0.39, 0.29) is 0 Å². The molecule has 0 bridgehead atoms. The largest absolute Gasteiger partial charge is 0.309 e. The van der Waals surface area contributed by atoms with Gasteiger partial charge < -0.3 is 13.7 Å². The van der Waals surface area contributed by atoms with Gasteiger partial charge in [0.15, 0.2) is 0 Å². The maximum absolute atomic E-state index is 4.60. The highest BCUT2D eigenvalue weighted by Crippen LogP contribution is 2.44. The number of benzene rings is 8. The molecule has 266 valence electrons. The molecule has 0 fully saturated rings. The van der Waals surface area contributed by atoms with Crippen LogP contribution in [0.15, 0.2) is 207 Å². The van der Waals surface area contributed by atoms with Crippen LogP contribution in [0.1, 0.15) is 0 Å². The number of aromatic nitrogens is 4. The van der Waals surface area contributed by atoms with Gasteiger partial charge in [-0.2, -0.15) is 0 Å². The van der Waals surface area contributed by atoms with Crippen molar-refractivity contribution in [3.8, 4) is 39.3 Å². The zero-order chi connectivity index (χ0) is 37.5. The molecule has 4 aromatic heterocycles. The Hall–Kier alpha value is -7.69. The highest BCUT2D eigenvalue weighted by atomic mass is 15.0. The summed E-state index contributed by atoms with van der Waals surface area (Å²) < 4.78 is 7.30. The van der Waals surface area contributed by atoms with Gasteiger partial charge in [0.05, 0.1) is 33.1 Å². The Bertz CT molecular complexity index is 3440. The van der Waals surface area contributed by atoms with Gasteiger partial charge in [-0.15, -0.1) is 0 Å². The van der Waals surface area contributed by atoms with Crippen LogP contribution >= 0.6 is 0 Å². The number of nitrogens with zero attached hydrogens (tertiary/aromatic N) is 4. The molecule has 0 radical (unpaired) electrons. The van der Waals surface area contributed by atoms with E-state index in [0.29, 0.717) is 0 Å². The van der Waals surface area contributed by atoms with Crippen molar-refractivity contribution >= 4 is 65.4 Å². The van der Waals surface area contributed by atoms with Crippen LogP contribution in [0.25, 0.3) is 105 Å². The van der Waals surface area contributed by atoms with Crippen molar-refractivity contribution in [1.29, 1.82) is 0 Å². The minimum absolute atomic E-state index is 1.12. The lowest BCUT2D eigenvalue weighted by atomic mass is 9.98. The van der Waals surface area contributed by atoms with Crippen molar-refractivity contribution < 1.29 is 0 Å². The molecule has 0 aliphatic rings. The van der Waals surface area contributed by atoms with E-state index in [4.69, 9.17) is 0 Å². The normalized spacial score (nSPS) is 11.9. The third kappa shape index (κ3) is 4.77. The second-order valence-electron chi connectivity index (χ2n) is 14.8. The zero-order valence-corrected chi connectivity index (χ0v) is 30.9. The van der Waals surface area contributed by atoms with Gasteiger partial charge in [0, 0.05) is 61.8 Å². The SMILES string of the molecule is c1ccc(-c2cc(-c3ccccc3)cc(-n3c4ccccc4c4c3ccc3c5ccccc5n(-c5ccc6c(c5)c5cnccc5n6-c5ccccc5)c34)c2)cc1. The monoisotopic (exact) mass is 726 g/mol. The van der Waals surface area contributed by atoms with Gasteiger partial charge in [-0.05, 0) is 95.1 Å². The Morgan fingerprint density at radius 2 is 0.860 bits per heavy atom. The van der Waals surface area contributed by atoms with Crippen molar-refractivity contribution in [2.24, 2.45) is 0 Å². The van der Waals surface area contributed by atoms with Crippen LogP contribution in [0.5, 0.6) is 0 Å². The van der Waals surface area contributed by atoms with Crippen LogP contribution in [-0.2, 0) is 0 Å². The molecule has 0 saturated carbocycles. The Morgan fingerprint density at radius 1 is 0.298 bits per heavy atom. The highest BCUT2D eigenvalue weighted by molar-refractivity contribution is 6.26. The molecule has 57 heavy (non-hydrogen) atoms. The second kappa shape index (κ2) is 12.4. The Labute approximate surface area is 328 Å². The molecule has 0 aliphatic heterocycles. The number of rotatable bonds is 5. The Morgan fingerprint density at radius 3 is 1.58 bits per heavy atom. The van der Waals surface area contributed by atoms with Gasteiger partial charge in [0.1, 0.15) is 0 Å². The quantitative estimate of drug-likeness (QED) is 0.174. The molecule has 8 aromatic carbocycles. The standard InChI is InChI=1S/C53H34N4/c1-4-14-35(15-5-1)37-30-38(36-16-6-2-7-17-36)32-41(31-37)56-48-23-13-11-21-44(48)52-51(56)27-25-43-42-20-10-12-22-47(42)57(53(43)52)40-24-26-49-45(33-40)46-34-54-29-28-50(46)55(49)39-18-8-3-9-19-39/h1-34H. The lowest BCUT2D eigenvalue weighted by Crippen LogP contribution is -1.97. The first-order valence-corrected chi connectivity index (χ1v) is 19.5. The number of pyridine rings is 1. The summed E-state index contributed by atoms with van der Waals surface area (Å²) in [5.74, 6) is 0. The third-order valence-electron chi connectivity index (χ3n) is 11.7. The Balaban J connectivity index is 1.18. The van der Waals surface area contributed by atoms with Crippen molar-refractivity contribution in [3.05, 3.63) is 207 Å². The number of hydrogen-bond donors (Lipinski definition) is 0. The second-order valence-corrected chi connectivity index (χ2v) is 14.8. The zero-order valence-electron chi connectivity index (χ0n) is 30.9. The van der Waals surface area contributed by atoms with E-state index >= 15 is 0 Å². The molecule has 4 heterocycles. The van der Waals surface area contributed by atoms with E-state index in [1.807, 2.05) is 12.4 Å². The van der Waals surface area contributed by atoms with Crippen LogP contribution < -0.4 is 0 Å². The first-order valence-electron chi connectivity index (χ1n) is 19.5. The average molecular weight is 727 g/mol. The van der Waals surface area contributed by atoms with E-state index in [0.717, 1.165) is 33.5 Å². The summed E-state index contributed by atoms with van der Waals surface area (Å²) in [5.41, 5.74) is 15.2. The maximum Gasteiger partial charge on any atom is 0.0641 e. The van der Waals surface area contributed by atoms with E-state index in [1.165, 1.54) is 71.3 Å². The molecule has 12 aromatic rings. The van der Waals surface area contributed by atoms with E-state index in [1.54, 1.807) is 0 Å². The summed E-state index contributed by atoms with van der Waals surface area (Å²) in [6.45, 7) is 0. The van der Waals surface area contributed by atoms with Crippen molar-refractivity contribution in [2.75, 3.05) is 0 Å². The topological polar surface area (TPSA) is 27.7 Å². The lowest BCUT2D eigenvalue weighted by Gasteiger charge is -2.14. The predicted molar refractivity (Wildman–Crippen MR) is 238 cm³/mol. The summed E-state index contributed by atoms with van der Waals surface area (Å²) in [6.07, 6.45) is 3.89. The summed E-state index contributed by atoms with van der Waals surface area (Å²) in [7, 11) is 0. The van der Waals surface area contributed by atoms with Crippen molar-refractivity contribution in [1.82, 2.24) is 18.7 Å². The molecular formula is C53H34N4. The maximum atomic E-state index is 4.60. The molecule has 0 aliphatic carbocycles. The highest BCUT2D eigenvalue weighted by Gasteiger charge is 2.22. The smallest absolute Gasteiger partial charge is 0.0641 e. The molecule has 0 atom stereocenters. The van der Waals surface area contributed by atoms with Crippen molar-refractivity contribution in [2.45, 2.75) is 0 Å². The third-order valence-corrected chi connectivity index (χ3v) is 11.7. The fourth-order valence-electron chi connectivity index (χ4n) is 9.24. The number of fused-ring (bicyclic) bond motifs is 10.